The van der Waals surface area contributed by atoms with Crippen molar-refractivity contribution in [2.75, 3.05) is 26.0 Å². The largest absolute Gasteiger partial charge is 0.377 e. The first-order valence-electron chi connectivity index (χ1n) is 9.05. The molecule has 0 aromatic heterocycles. The molecular formula is C22H16BrN5O2. The summed E-state index contributed by atoms with van der Waals surface area (Å²) in [5.74, 6) is -0.885. The lowest BCUT2D eigenvalue weighted by molar-refractivity contribution is 0.0693. The molecule has 30 heavy (non-hydrogen) atoms. The van der Waals surface area contributed by atoms with Crippen molar-refractivity contribution in [3.05, 3.63) is 63.6 Å². The van der Waals surface area contributed by atoms with Crippen LogP contribution in [-0.4, -0.2) is 37.9 Å². The van der Waals surface area contributed by atoms with Gasteiger partial charge in [0.1, 0.15) is 11.8 Å². The Labute approximate surface area is 181 Å². The maximum absolute atomic E-state index is 12.4. The molecule has 1 aliphatic heterocycles. The number of imide groups is 1. The van der Waals surface area contributed by atoms with Crippen LogP contribution in [0.25, 0.3) is 10.8 Å². The number of nitriles is 1. The van der Waals surface area contributed by atoms with Gasteiger partial charge in [-0.25, -0.2) is 0 Å². The molecule has 0 aliphatic carbocycles. The smallest absolute Gasteiger partial charge is 0.262 e. The van der Waals surface area contributed by atoms with E-state index in [4.69, 9.17) is 0 Å². The quantitative estimate of drug-likeness (QED) is 0.396. The Morgan fingerprint density at radius 3 is 2.40 bits per heavy atom. The number of azo groups is 1. The van der Waals surface area contributed by atoms with Crippen LogP contribution >= 0.6 is 15.9 Å². The van der Waals surface area contributed by atoms with Crippen molar-refractivity contribution in [3.63, 3.8) is 0 Å². The van der Waals surface area contributed by atoms with E-state index in [1.807, 2.05) is 61.5 Å². The Morgan fingerprint density at radius 1 is 1.03 bits per heavy atom. The number of benzene rings is 3. The fraction of sp³-hybridized carbons (Fsp3) is 0.136. The number of carbonyl (C=O) groups excluding carboxylic acids is 2. The Bertz CT molecular complexity index is 1310. The summed E-state index contributed by atoms with van der Waals surface area (Å²) < 4.78 is 0.289. The maximum atomic E-state index is 12.4. The van der Waals surface area contributed by atoms with E-state index in [1.54, 1.807) is 0 Å². The molecular weight excluding hydrogens is 446 g/mol. The molecule has 0 saturated carbocycles. The Morgan fingerprint density at radius 2 is 1.73 bits per heavy atom. The van der Waals surface area contributed by atoms with Crippen LogP contribution < -0.4 is 4.90 Å². The van der Waals surface area contributed by atoms with Crippen LogP contribution in [0, 0.1) is 11.3 Å². The van der Waals surface area contributed by atoms with Crippen molar-refractivity contribution in [1.29, 1.82) is 5.26 Å². The molecule has 1 aliphatic rings. The van der Waals surface area contributed by atoms with Gasteiger partial charge < -0.3 is 4.90 Å². The molecule has 0 bridgehead atoms. The molecule has 0 N–H and O–H groups in total. The molecule has 3 aromatic rings. The first-order valence-corrected chi connectivity index (χ1v) is 9.84. The fourth-order valence-electron chi connectivity index (χ4n) is 3.49. The summed E-state index contributed by atoms with van der Waals surface area (Å²) in [6, 6.07) is 15.1. The molecule has 148 valence electrons. The van der Waals surface area contributed by atoms with Crippen molar-refractivity contribution >= 4 is 55.6 Å². The first kappa shape index (κ1) is 19.7. The van der Waals surface area contributed by atoms with Crippen molar-refractivity contribution in [2.45, 2.75) is 0 Å². The average molecular weight is 462 g/mol. The highest BCUT2D eigenvalue weighted by Crippen LogP contribution is 2.40. The zero-order valence-corrected chi connectivity index (χ0v) is 18.1. The molecule has 0 radical (unpaired) electrons. The number of rotatable bonds is 3. The number of carbonyl (C=O) groups is 2. The van der Waals surface area contributed by atoms with E-state index in [1.165, 1.54) is 13.1 Å². The third-order valence-electron chi connectivity index (χ3n) is 5.03. The summed E-state index contributed by atoms with van der Waals surface area (Å²) in [5, 5.41) is 20.2. The van der Waals surface area contributed by atoms with Gasteiger partial charge in [0.05, 0.1) is 26.9 Å². The number of hydrogen-bond acceptors (Lipinski definition) is 6. The standard InChI is InChI=1S/C22H16BrN5O2/c1-27(2)17-9-8-16(13-6-4-5-7-14(13)17)25-26-20-12(11-24)10-15-18(19(20)23)22(30)28(3)21(15)29/h4-10H,1-3H3. The molecule has 1 heterocycles. The van der Waals surface area contributed by atoms with Gasteiger partial charge in [-0.2, -0.15) is 5.26 Å². The van der Waals surface area contributed by atoms with Gasteiger partial charge in [-0.15, -0.1) is 10.2 Å². The molecule has 0 saturated heterocycles. The van der Waals surface area contributed by atoms with Crippen molar-refractivity contribution < 1.29 is 9.59 Å². The molecule has 0 atom stereocenters. The highest BCUT2D eigenvalue weighted by Gasteiger charge is 2.37. The van der Waals surface area contributed by atoms with E-state index in [-0.39, 0.29) is 26.9 Å². The number of nitrogens with zero attached hydrogens (tertiary/aromatic N) is 5. The molecule has 2 amide bonds. The molecule has 3 aromatic carbocycles. The van der Waals surface area contributed by atoms with Gasteiger partial charge in [-0.05, 0) is 34.1 Å². The number of amides is 2. The topological polar surface area (TPSA) is 89.1 Å². The van der Waals surface area contributed by atoms with Crippen LogP contribution in [0.2, 0.25) is 0 Å². The third-order valence-corrected chi connectivity index (χ3v) is 5.80. The van der Waals surface area contributed by atoms with Crippen LogP contribution in [0.5, 0.6) is 0 Å². The lowest BCUT2D eigenvalue weighted by atomic mass is 10.0. The van der Waals surface area contributed by atoms with Crippen LogP contribution in [0.4, 0.5) is 17.1 Å². The predicted molar refractivity (Wildman–Crippen MR) is 118 cm³/mol. The maximum Gasteiger partial charge on any atom is 0.262 e. The van der Waals surface area contributed by atoms with E-state index >= 15 is 0 Å². The van der Waals surface area contributed by atoms with Gasteiger partial charge in [-0.3, -0.25) is 14.5 Å². The lowest BCUT2D eigenvalue weighted by Gasteiger charge is -2.16. The number of fused-ring (bicyclic) bond motifs is 2. The second-order valence-corrected chi connectivity index (χ2v) is 7.83. The zero-order chi connectivity index (χ0) is 21.6. The highest BCUT2D eigenvalue weighted by molar-refractivity contribution is 9.10. The Hall–Kier alpha value is -3.57. The van der Waals surface area contributed by atoms with Gasteiger partial charge in [0.15, 0.2) is 0 Å². The normalized spacial score (nSPS) is 13.2. The van der Waals surface area contributed by atoms with Crippen LogP contribution in [0.15, 0.2) is 57.2 Å². The van der Waals surface area contributed by atoms with Gasteiger partial charge in [0.25, 0.3) is 11.8 Å². The lowest BCUT2D eigenvalue weighted by Crippen LogP contribution is -2.24. The summed E-state index contributed by atoms with van der Waals surface area (Å²) in [5.41, 5.74) is 2.44. The minimum atomic E-state index is -0.444. The van der Waals surface area contributed by atoms with Crippen LogP contribution in [0.1, 0.15) is 26.3 Å². The van der Waals surface area contributed by atoms with E-state index in [2.05, 4.69) is 26.2 Å². The summed E-state index contributed by atoms with van der Waals surface area (Å²) in [6.07, 6.45) is 0. The highest BCUT2D eigenvalue weighted by atomic mass is 79.9. The second kappa shape index (κ2) is 7.35. The van der Waals surface area contributed by atoms with E-state index in [0.717, 1.165) is 21.4 Å². The second-order valence-electron chi connectivity index (χ2n) is 7.03. The summed E-state index contributed by atoms with van der Waals surface area (Å²) in [7, 11) is 5.35. The van der Waals surface area contributed by atoms with Gasteiger partial charge in [0.2, 0.25) is 0 Å². The van der Waals surface area contributed by atoms with Gasteiger partial charge >= 0.3 is 0 Å². The molecule has 4 rings (SSSR count). The van der Waals surface area contributed by atoms with E-state index < -0.39 is 11.8 Å². The molecule has 0 fully saturated rings. The Balaban J connectivity index is 1.87. The number of hydrogen-bond donors (Lipinski definition) is 0. The third kappa shape index (κ3) is 2.95. The Kier molecular flexibility index (Phi) is 4.84. The summed E-state index contributed by atoms with van der Waals surface area (Å²) >= 11 is 3.36. The van der Waals surface area contributed by atoms with Crippen LogP contribution in [0.3, 0.4) is 0 Å². The molecule has 8 heteroatoms. The number of anilines is 1. The van der Waals surface area contributed by atoms with Crippen molar-refractivity contribution in [3.8, 4) is 6.07 Å². The molecule has 0 unspecified atom stereocenters. The molecule has 0 spiro atoms. The minimum absolute atomic E-state index is 0.162. The fourth-order valence-corrected chi connectivity index (χ4v) is 4.17. The summed E-state index contributed by atoms with van der Waals surface area (Å²) in [6.45, 7) is 0. The SMILES string of the molecule is CN1C(=O)c2cc(C#N)c(N=Nc3ccc(N(C)C)c4ccccc34)c(Br)c2C1=O. The predicted octanol–water partition coefficient (Wildman–Crippen LogP) is 5.18. The van der Waals surface area contributed by atoms with Crippen molar-refractivity contribution in [1.82, 2.24) is 4.90 Å². The van der Waals surface area contributed by atoms with Crippen molar-refractivity contribution in [2.24, 2.45) is 10.2 Å². The van der Waals surface area contributed by atoms with E-state index in [9.17, 15) is 14.9 Å². The first-order chi connectivity index (χ1) is 14.3. The zero-order valence-electron chi connectivity index (χ0n) is 16.5. The number of halogens is 1. The average Bonchev–Trinajstić information content (AvgIpc) is 2.96. The van der Waals surface area contributed by atoms with E-state index in [0.29, 0.717) is 5.69 Å². The molecule has 7 nitrogen and oxygen atoms in total. The van der Waals surface area contributed by atoms with Gasteiger partial charge in [-0.1, -0.05) is 24.3 Å². The monoisotopic (exact) mass is 461 g/mol. The van der Waals surface area contributed by atoms with Crippen LogP contribution in [-0.2, 0) is 0 Å². The summed E-state index contributed by atoms with van der Waals surface area (Å²) in [4.78, 5) is 27.8. The minimum Gasteiger partial charge on any atom is -0.377 e. The van der Waals surface area contributed by atoms with Gasteiger partial charge in [0, 0.05) is 37.6 Å².